The monoisotopic (exact) mass is 245 g/mol. The van der Waals surface area contributed by atoms with Crippen LogP contribution in [0, 0.1) is 5.41 Å². The van der Waals surface area contributed by atoms with Crippen molar-refractivity contribution in [2.75, 3.05) is 17.2 Å². The normalized spacial score (nSPS) is 19.8. The van der Waals surface area contributed by atoms with Crippen molar-refractivity contribution in [1.29, 1.82) is 0 Å². The van der Waals surface area contributed by atoms with Crippen molar-refractivity contribution in [1.82, 2.24) is 0 Å². The van der Waals surface area contributed by atoms with E-state index in [1.807, 2.05) is 0 Å². The van der Waals surface area contributed by atoms with E-state index in [0.717, 1.165) is 18.4 Å². The van der Waals surface area contributed by atoms with Crippen molar-refractivity contribution < 1.29 is 9.59 Å². The zero-order valence-electron chi connectivity index (χ0n) is 9.98. The van der Waals surface area contributed by atoms with Crippen molar-refractivity contribution in [3.63, 3.8) is 0 Å². The summed E-state index contributed by atoms with van der Waals surface area (Å²) >= 11 is 0. The second kappa shape index (κ2) is 3.55. The summed E-state index contributed by atoms with van der Waals surface area (Å²) in [7, 11) is 0. The van der Waals surface area contributed by atoms with Crippen LogP contribution in [0.1, 0.15) is 18.4 Å². The summed E-state index contributed by atoms with van der Waals surface area (Å²) in [6.07, 6.45) is 1.79. The molecule has 1 saturated carbocycles. The molecule has 1 aromatic rings. The molecule has 0 aromatic heterocycles. The fourth-order valence-corrected chi connectivity index (χ4v) is 2.46. The number of fused-ring (bicyclic) bond motifs is 1. The lowest BCUT2D eigenvalue weighted by Crippen LogP contribution is -2.42. The minimum atomic E-state index is -0.501. The zero-order valence-corrected chi connectivity index (χ0v) is 9.98. The Kier molecular flexibility index (Phi) is 2.22. The van der Waals surface area contributed by atoms with Gasteiger partial charge in [0.1, 0.15) is 0 Å². The molecule has 0 atom stereocenters. The Morgan fingerprint density at radius 1 is 1.39 bits per heavy atom. The molecule has 5 nitrogen and oxygen atoms in total. The van der Waals surface area contributed by atoms with E-state index >= 15 is 0 Å². The molecule has 2 aliphatic rings. The molecule has 3 rings (SSSR count). The zero-order chi connectivity index (χ0) is 12.9. The number of nitrogen functional groups attached to an aromatic ring is 1. The topological polar surface area (TPSA) is 89.4 Å². The fraction of sp³-hybridized carbons (Fsp3) is 0.385. The van der Waals surface area contributed by atoms with E-state index in [1.54, 1.807) is 18.2 Å². The fourth-order valence-electron chi connectivity index (χ4n) is 2.46. The first kappa shape index (κ1) is 11.2. The van der Waals surface area contributed by atoms with Crippen molar-refractivity contribution >= 4 is 23.2 Å². The number of carbonyl (C=O) groups excluding carboxylic acids is 2. The van der Waals surface area contributed by atoms with Crippen LogP contribution in [-0.2, 0) is 16.0 Å². The second-order valence-corrected chi connectivity index (χ2v) is 5.08. The summed E-state index contributed by atoms with van der Waals surface area (Å²) in [6, 6.07) is 5.20. The first-order chi connectivity index (χ1) is 8.57. The molecule has 18 heavy (non-hydrogen) atoms. The van der Waals surface area contributed by atoms with Gasteiger partial charge in [0.05, 0.1) is 17.5 Å². The summed E-state index contributed by atoms with van der Waals surface area (Å²) in [6.45, 7) is 0.305. The third-order valence-electron chi connectivity index (χ3n) is 3.84. The lowest BCUT2D eigenvalue weighted by atomic mass is 10.1. The molecular weight excluding hydrogens is 230 g/mol. The number of anilines is 2. The van der Waals surface area contributed by atoms with Gasteiger partial charge in [-0.05, 0) is 36.6 Å². The van der Waals surface area contributed by atoms with Gasteiger partial charge >= 0.3 is 0 Å². The van der Waals surface area contributed by atoms with Gasteiger partial charge in [-0.1, -0.05) is 0 Å². The molecule has 2 amide bonds. The standard InChI is InChI=1S/C13H15N3O2/c14-7-13(3-4-13)12(18)16-10-2-1-9(15)5-8(10)6-11(16)17/h1-2,5H,3-4,6-7,14-15H2. The van der Waals surface area contributed by atoms with Crippen LogP contribution in [0.25, 0.3) is 0 Å². The summed E-state index contributed by atoms with van der Waals surface area (Å²) < 4.78 is 0. The molecule has 0 bridgehead atoms. The van der Waals surface area contributed by atoms with Crippen LogP contribution < -0.4 is 16.4 Å². The lowest BCUT2D eigenvalue weighted by Gasteiger charge is -2.21. The molecular formula is C13H15N3O2. The van der Waals surface area contributed by atoms with Crippen LogP contribution in [0.15, 0.2) is 18.2 Å². The number of carbonyl (C=O) groups is 2. The van der Waals surface area contributed by atoms with Gasteiger partial charge in [0, 0.05) is 12.2 Å². The highest BCUT2D eigenvalue weighted by Gasteiger charge is 2.53. The predicted molar refractivity (Wildman–Crippen MR) is 67.8 cm³/mol. The Morgan fingerprint density at radius 3 is 2.72 bits per heavy atom. The highest BCUT2D eigenvalue weighted by atomic mass is 16.2. The number of amides is 2. The van der Waals surface area contributed by atoms with Gasteiger partial charge in [-0.3, -0.25) is 9.59 Å². The molecule has 94 valence electrons. The maximum absolute atomic E-state index is 12.4. The lowest BCUT2D eigenvalue weighted by molar-refractivity contribution is -0.128. The van der Waals surface area contributed by atoms with Crippen LogP contribution in [-0.4, -0.2) is 18.4 Å². The van der Waals surface area contributed by atoms with Crippen molar-refractivity contribution in [3.05, 3.63) is 23.8 Å². The molecule has 0 saturated heterocycles. The largest absolute Gasteiger partial charge is 0.399 e. The minimum absolute atomic E-state index is 0.154. The minimum Gasteiger partial charge on any atom is -0.399 e. The molecule has 0 unspecified atom stereocenters. The van der Waals surface area contributed by atoms with Crippen molar-refractivity contribution in [2.45, 2.75) is 19.3 Å². The molecule has 1 aliphatic heterocycles. The van der Waals surface area contributed by atoms with Crippen LogP contribution in [0.4, 0.5) is 11.4 Å². The van der Waals surface area contributed by atoms with Crippen molar-refractivity contribution in [3.8, 4) is 0 Å². The van der Waals surface area contributed by atoms with Crippen LogP contribution in [0.2, 0.25) is 0 Å². The molecule has 4 N–H and O–H groups in total. The highest BCUT2D eigenvalue weighted by molar-refractivity contribution is 6.21. The number of hydrogen-bond acceptors (Lipinski definition) is 4. The number of nitrogens with two attached hydrogens (primary N) is 2. The number of nitrogens with zero attached hydrogens (tertiary/aromatic N) is 1. The molecule has 1 aliphatic carbocycles. The summed E-state index contributed by atoms with van der Waals surface area (Å²) in [4.78, 5) is 25.7. The van der Waals surface area contributed by atoms with Crippen molar-refractivity contribution in [2.24, 2.45) is 11.1 Å². The first-order valence-electron chi connectivity index (χ1n) is 6.03. The summed E-state index contributed by atoms with van der Waals surface area (Å²) in [5, 5.41) is 0. The Morgan fingerprint density at radius 2 is 2.11 bits per heavy atom. The third kappa shape index (κ3) is 1.44. The Labute approximate surface area is 105 Å². The average Bonchev–Trinajstić information content (AvgIpc) is 3.07. The molecule has 1 aromatic carbocycles. The highest BCUT2D eigenvalue weighted by Crippen LogP contribution is 2.48. The Balaban J connectivity index is 1.99. The maximum atomic E-state index is 12.4. The number of imide groups is 1. The van der Waals surface area contributed by atoms with Gasteiger partial charge in [-0.2, -0.15) is 0 Å². The smallest absolute Gasteiger partial charge is 0.241 e. The molecule has 1 heterocycles. The van der Waals surface area contributed by atoms with Crippen LogP contribution in [0.5, 0.6) is 0 Å². The van der Waals surface area contributed by atoms with E-state index < -0.39 is 5.41 Å². The summed E-state index contributed by atoms with van der Waals surface area (Å²) in [5.41, 5.74) is 12.9. The van der Waals surface area contributed by atoms with E-state index in [9.17, 15) is 9.59 Å². The number of rotatable bonds is 2. The van der Waals surface area contributed by atoms with E-state index in [0.29, 0.717) is 17.9 Å². The van der Waals surface area contributed by atoms with Crippen LogP contribution in [0.3, 0.4) is 0 Å². The van der Waals surface area contributed by atoms with Gasteiger partial charge in [-0.15, -0.1) is 0 Å². The number of hydrogen-bond donors (Lipinski definition) is 2. The van der Waals surface area contributed by atoms with E-state index in [4.69, 9.17) is 11.5 Å². The second-order valence-electron chi connectivity index (χ2n) is 5.08. The van der Waals surface area contributed by atoms with Gasteiger partial charge in [0.15, 0.2) is 0 Å². The summed E-state index contributed by atoms with van der Waals surface area (Å²) in [5.74, 6) is -0.334. The maximum Gasteiger partial charge on any atom is 0.241 e. The first-order valence-corrected chi connectivity index (χ1v) is 6.03. The van der Waals surface area contributed by atoms with Gasteiger partial charge in [0.25, 0.3) is 0 Å². The SMILES string of the molecule is NCC1(C(=O)N2C(=O)Cc3cc(N)ccc32)CC1. The number of benzene rings is 1. The quantitative estimate of drug-likeness (QED) is 0.584. The predicted octanol–water partition coefficient (Wildman–Crippen LogP) is 0.423. The molecule has 0 radical (unpaired) electrons. The van der Waals surface area contributed by atoms with Gasteiger partial charge in [-0.25, -0.2) is 4.90 Å². The Hall–Kier alpha value is -1.88. The van der Waals surface area contributed by atoms with E-state index in [2.05, 4.69) is 0 Å². The van der Waals surface area contributed by atoms with Gasteiger partial charge in [0.2, 0.25) is 11.8 Å². The average molecular weight is 245 g/mol. The molecule has 5 heteroatoms. The van der Waals surface area contributed by atoms with E-state index in [1.165, 1.54) is 4.90 Å². The van der Waals surface area contributed by atoms with Gasteiger partial charge < -0.3 is 11.5 Å². The Bertz CT molecular complexity index is 549. The van der Waals surface area contributed by atoms with Crippen LogP contribution >= 0.6 is 0 Å². The molecule has 1 fully saturated rings. The van der Waals surface area contributed by atoms with E-state index in [-0.39, 0.29) is 18.2 Å². The molecule has 0 spiro atoms. The third-order valence-corrected chi connectivity index (χ3v) is 3.84.